The number of nitrogens with one attached hydrogen (secondary N) is 1. The molecule has 3 aromatic carbocycles. The van der Waals surface area contributed by atoms with Crippen LogP contribution in [0.3, 0.4) is 0 Å². The third-order valence-corrected chi connectivity index (χ3v) is 5.14. The summed E-state index contributed by atoms with van der Waals surface area (Å²) in [5.41, 5.74) is 3.36. The fourth-order valence-corrected chi connectivity index (χ4v) is 3.66. The highest BCUT2D eigenvalue weighted by Gasteiger charge is 2.35. The molecule has 1 heterocycles. The summed E-state index contributed by atoms with van der Waals surface area (Å²) in [4.78, 5) is 38.7. The zero-order chi connectivity index (χ0) is 22.1. The molecule has 0 unspecified atom stereocenters. The smallest absolute Gasteiger partial charge is 0.292 e. The van der Waals surface area contributed by atoms with E-state index in [1.807, 2.05) is 13.0 Å². The maximum Gasteiger partial charge on any atom is 0.292 e. The van der Waals surface area contributed by atoms with E-state index in [-0.39, 0.29) is 5.69 Å². The molecule has 2 amide bonds. The maximum atomic E-state index is 13.4. The van der Waals surface area contributed by atoms with Crippen molar-refractivity contribution in [3.05, 3.63) is 99.1 Å². The zero-order valence-corrected chi connectivity index (χ0v) is 17.0. The molecule has 1 N–H and O–H groups in total. The fraction of sp³-hybridized carbons (Fsp3) is 0.0833. The molecular weight excluding hydrogens is 394 g/mol. The summed E-state index contributed by atoms with van der Waals surface area (Å²) in [5.74, 6) is -0.880. The Morgan fingerprint density at radius 2 is 1.68 bits per heavy atom. The van der Waals surface area contributed by atoms with Gasteiger partial charge in [0.25, 0.3) is 17.5 Å². The van der Waals surface area contributed by atoms with Crippen LogP contribution in [0.15, 0.2) is 66.7 Å². The molecule has 0 aliphatic carbocycles. The monoisotopic (exact) mass is 413 g/mol. The fourth-order valence-electron chi connectivity index (χ4n) is 3.66. The summed E-state index contributed by atoms with van der Waals surface area (Å²) in [6, 6.07) is 18.7. The van der Waals surface area contributed by atoms with Crippen LogP contribution in [0.5, 0.6) is 0 Å². The molecule has 0 fully saturated rings. The first-order valence-electron chi connectivity index (χ1n) is 9.63. The van der Waals surface area contributed by atoms with Crippen LogP contribution in [0.4, 0.5) is 17.1 Å². The summed E-state index contributed by atoms with van der Waals surface area (Å²) in [6.07, 6.45) is 1.59. The molecule has 3 aromatic rings. The van der Waals surface area contributed by atoms with Gasteiger partial charge in [0.1, 0.15) is 5.69 Å². The largest absolute Gasteiger partial charge is 0.383 e. The molecule has 7 heteroatoms. The third kappa shape index (κ3) is 3.57. The second-order valence-electron chi connectivity index (χ2n) is 7.17. The van der Waals surface area contributed by atoms with Crippen LogP contribution in [0.1, 0.15) is 27.0 Å². The average molecular weight is 413 g/mol. The number of amides is 2. The summed E-state index contributed by atoms with van der Waals surface area (Å²) in [5, 5.41) is 14.2. The van der Waals surface area contributed by atoms with Crippen LogP contribution in [0.2, 0.25) is 0 Å². The molecule has 0 saturated heterocycles. The van der Waals surface area contributed by atoms with E-state index in [1.54, 1.807) is 67.7 Å². The summed E-state index contributed by atoms with van der Waals surface area (Å²) in [7, 11) is 1.60. The highest BCUT2D eigenvalue weighted by Crippen LogP contribution is 2.34. The molecule has 1 aliphatic heterocycles. The SMILES string of the molecule is CNc1ccc(C=C2C(=O)N(c3cccc(C)c3)C(=O)c3ccccc32)cc1[N+](=O)[O-]. The Morgan fingerprint density at radius 3 is 2.35 bits per heavy atom. The van der Waals surface area contributed by atoms with E-state index in [0.717, 1.165) is 10.5 Å². The van der Waals surface area contributed by atoms with Crippen molar-refractivity contribution in [3.63, 3.8) is 0 Å². The van der Waals surface area contributed by atoms with Crippen molar-refractivity contribution in [1.29, 1.82) is 0 Å². The highest BCUT2D eigenvalue weighted by molar-refractivity contribution is 6.43. The van der Waals surface area contributed by atoms with Gasteiger partial charge in [-0.1, -0.05) is 36.4 Å². The van der Waals surface area contributed by atoms with Crippen LogP contribution in [-0.4, -0.2) is 23.8 Å². The Morgan fingerprint density at radius 1 is 0.935 bits per heavy atom. The van der Waals surface area contributed by atoms with Crippen molar-refractivity contribution in [3.8, 4) is 0 Å². The lowest BCUT2D eigenvalue weighted by atomic mass is 9.91. The number of benzene rings is 3. The standard InChI is InChI=1S/C24H19N3O4/c1-15-6-5-7-17(12-15)26-23(28)19-9-4-3-8-18(19)20(24(26)29)13-16-10-11-21(25-2)22(14-16)27(30)31/h3-14,25H,1-2H3. The second-order valence-corrected chi connectivity index (χ2v) is 7.17. The molecule has 31 heavy (non-hydrogen) atoms. The Labute approximate surface area is 178 Å². The summed E-state index contributed by atoms with van der Waals surface area (Å²) >= 11 is 0. The number of hydrogen-bond donors (Lipinski definition) is 1. The van der Waals surface area contributed by atoms with Crippen molar-refractivity contribution < 1.29 is 14.5 Å². The molecule has 1 aliphatic rings. The molecule has 0 radical (unpaired) electrons. The number of rotatable bonds is 4. The molecule has 0 atom stereocenters. The van der Waals surface area contributed by atoms with Gasteiger partial charge in [-0.15, -0.1) is 0 Å². The number of fused-ring (bicyclic) bond motifs is 1. The van der Waals surface area contributed by atoms with Crippen molar-refractivity contribution in [2.45, 2.75) is 6.92 Å². The number of hydrogen-bond acceptors (Lipinski definition) is 5. The van der Waals surface area contributed by atoms with E-state index in [9.17, 15) is 19.7 Å². The van der Waals surface area contributed by atoms with E-state index in [2.05, 4.69) is 5.32 Å². The molecule has 4 rings (SSSR count). The zero-order valence-electron chi connectivity index (χ0n) is 17.0. The van der Waals surface area contributed by atoms with Gasteiger partial charge in [0.2, 0.25) is 0 Å². The minimum atomic E-state index is -0.479. The minimum absolute atomic E-state index is 0.0972. The van der Waals surface area contributed by atoms with Crippen LogP contribution in [-0.2, 0) is 4.79 Å². The van der Waals surface area contributed by atoms with Gasteiger partial charge in [0.05, 0.1) is 10.6 Å². The van der Waals surface area contributed by atoms with Gasteiger partial charge >= 0.3 is 0 Å². The van der Waals surface area contributed by atoms with Crippen molar-refractivity contribution in [2.24, 2.45) is 0 Å². The summed E-state index contributed by atoms with van der Waals surface area (Å²) < 4.78 is 0. The first kappa shape index (κ1) is 20.0. The Bertz CT molecular complexity index is 1260. The number of imide groups is 1. The quantitative estimate of drug-likeness (QED) is 0.290. The third-order valence-electron chi connectivity index (χ3n) is 5.14. The Kier molecular flexibility index (Phi) is 5.09. The number of carbonyl (C=O) groups is 2. The first-order chi connectivity index (χ1) is 14.9. The lowest BCUT2D eigenvalue weighted by Crippen LogP contribution is -2.41. The van der Waals surface area contributed by atoms with E-state index in [1.165, 1.54) is 6.07 Å². The predicted molar refractivity (Wildman–Crippen MR) is 120 cm³/mol. The van der Waals surface area contributed by atoms with Crippen molar-refractivity contribution >= 4 is 40.5 Å². The van der Waals surface area contributed by atoms with Gasteiger partial charge in [0.15, 0.2) is 0 Å². The van der Waals surface area contributed by atoms with E-state index in [4.69, 9.17) is 0 Å². The molecular formula is C24H19N3O4. The number of anilines is 2. The number of nitro groups is 1. The second kappa shape index (κ2) is 7.87. The van der Waals surface area contributed by atoms with E-state index < -0.39 is 16.7 Å². The van der Waals surface area contributed by atoms with E-state index in [0.29, 0.717) is 33.6 Å². The van der Waals surface area contributed by atoms with Gasteiger partial charge in [-0.3, -0.25) is 19.7 Å². The van der Waals surface area contributed by atoms with E-state index >= 15 is 0 Å². The molecule has 0 saturated carbocycles. The topological polar surface area (TPSA) is 92.6 Å². The van der Waals surface area contributed by atoms with Gasteiger partial charge in [-0.2, -0.15) is 0 Å². The Balaban J connectivity index is 1.90. The number of aryl methyl sites for hydroxylation is 1. The molecule has 7 nitrogen and oxygen atoms in total. The minimum Gasteiger partial charge on any atom is -0.383 e. The highest BCUT2D eigenvalue weighted by atomic mass is 16.6. The van der Waals surface area contributed by atoms with Gasteiger partial charge in [-0.05, 0) is 54.0 Å². The van der Waals surface area contributed by atoms with Crippen LogP contribution < -0.4 is 10.2 Å². The first-order valence-corrected chi connectivity index (χ1v) is 9.63. The van der Waals surface area contributed by atoms with Crippen LogP contribution in [0.25, 0.3) is 11.6 Å². The lowest BCUT2D eigenvalue weighted by Gasteiger charge is -2.29. The lowest BCUT2D eigenvalue weighted by molar-refractivity contribution is -0.384. The average Bonchev–Trinajstić information content (AvgIpc) is 2.76. The molecule has 0 spiro atoms. The van der Waals surface area contributed by atoms with Crippen molar-refractivity contribution in [2.75, 3.05) is 17.3 Å². The molecule has 154 valence electrons. The normalized spacial score (nSPS) is 14.5. The van der Waals surface area contributed by atoms with Gasteiger partial charge in [-0.25, -0.2) is 4.90 Å². The Hall–Kier alpha value is -4.26. The summed E-state index contributed by atoms with van der Waals surface area (Å²) in [6.45, 7) is 1.88. The maximum absolute atomic E-state index is 13.4. The number of nitrogens with zero attached hydrogens (tertiary/aromatic N) is 2. The van der Waals surface area contributed by atoms with Crippen LogP contribution in [0, 0.1) is 17.0 Å². The predicted octanol–water partition coefficient (Wildman–Crippen LogP) is 4.67. The van der Waals surface area contributed by atoms with Crippen molar-refractivity contribution in [1.82, 2.24) is 0 Å². The number of carbonyl (C=O) groups excluding carboxylic acids is 2. The number of nitro benzene ring substituents is 1. The van der Waals surface area contributed by atoms with Gasteiger partial charge < -0.3 is 5.32 Å². The van der Waals surface area contributed by atoms with Gasteiger partial charge in [0, 0.05) is 24.3 Å². The van der Waals surface area contributed by atoms with Crippen LogP contribution >= 0.6 is 0 Å². The molecule has 0 bridgehead atoms. The molecule has 0 aromatic heterocycles.